The van der Waals surface area contributed by atoms with Gasteiger partial charge in [-0.25, -0.2) is 0 Å². The van der Waals surface area contributed by atoms with Gasteiger partial charge >= 0.3 is 11.7 Å². The Bertz CT molecular complexity index is 1190. The number of benzene rings is 3. The fourth-order valence-electron chi connectivity index (χ4n) is 2.86. The number of hydrogen-bond donors (Lipinski definition) is 1. The van der Waals surface area contributed by atoms with E-state index in [1.807, 2.05) is 30.3 Å². The molecular formula is C21H16BrN4O3+. The van der Waals surface area contributed by atoms with Crippen LogP contribution in [-0.2, 0) is 0 Å². The third kappa shape index (κ3) is 3.62. The second-order valence-corrected chi connectivity index (χ2v) is 7.02. The lowest BCUT2D eigenvalue weighted by Crippen LogP contribution is -2.47. The van der Waals surface area contributed by atoms with Gasteiger partial charge in [-0.05, 0) is 58.4 Å². The Kier molecular flexibility index (Phi) is 5.09. The minimum absolute atomic E-state index is 0.120. The lowest BCUT2D eigenvalue weighted by atomic mass is 10.2. The predicted octanol–water partition coefficient (Wildman–Crippen LogP) is 3.39. The first kappa shape index (κ1) is 18.8. The maximum Gasteiger partial charge on any atom is 0.343 e. The summed E-state index contributed by atoms with van der Waals surface area (Å²) in [5.41, 5.74) is 1.39. The van der Waals surface area contributed by atoms with Crippen LogP contribution in [0.3, 0.4) is 0 Å². The zero-order valence-corrected chi connectivity index (χ0v) is 16.9. The topological polar surface area (TPSA) is 81.1 Å². The van der Waals surface area contributed by atoms with Crippen molar-refractivity contribution in [3.05, 3.63) is 82.8 Å². The molecule has 0 spiro atoms. The fraction of sp³-hybridized carbons (Fsp3) is 0.0476. The zero-order chi connectivity index (χ0) is 20.4. The average Bonchev–Trinajstić information content (AvgIpc) is 3.19. The van der Waals surface area contributed by atoms with Gasteiger partial charge in [0.2, 0.25) is 0 Å². The molecular weight excluding hydrogens is 436 g/mol. The zero-order valence-electron chi connectivity index (χ0n) is 15.4. The van der Waals surface area contributed by atoms with Gasteiger partial charge in [-0.3, -0.25) is 4.79 Å². The van der Waals surface area contributed by atoms with Crippen LogP contribution in [0.15, 0.2) is 77.3 Å². The molecule has 0 radical (unpaired) electrons. The van der Waals surface area contributed by atoms with Crippen LogP contribution in [0.25, 0.3) is 17.1 Å². The van der Waals surface area contributed by atoms with Crippen LogP contribution in [0.4, 0.5) is 0 Å². The van der Waals surface area contributed by atoms with E-state index >= 15 is 0 Å². The Morgan fingerprint density at radius 2 is 1.72 bits per heavy atom. The van der Waals surface area contributed by atoms with Crippen LogP contribution >= 0.6 is 15.9 Å². The Balaban J connectivity index is 1.91. The SMILES string of the molecule is COc1ccccc1-c1nn(C(=O)c2ccccc2O)[n+](-c2ccc(Br)cc2)n1. The van der Waals surface area contributed by atoms with Crippen LogP contribution in [0, 0.1) is 0 Å². The first-order valence-electron chi connectivity index (χ1n) is 8.70. The molecule has 7 nitrogen and oxygen atoms in total. The largest absolute Gasteiger partial charge is 0.507 e. The molecule has 0 aliphatic carbocycles. The molecule has 0 amide bonds. The van der Waals surface area contributed by atoms with Gasteiger partial charge in [-0.15, -0.1) is 0 Å². The molecule has 3 aromatic carbocycles. The molecule has 0 bridgehead atoms. The van der Waals surface area contributed by atoms with Crippen molar-refractivity contribution in [3.8, 4) is 28.6 Å². The van der Waals surface area contributed by atoms with E-state index in [0.29, 0.717) is 22.8 Å². The third-order valence-corrected chi connectivity index (χ3v) is 4.81. The molecule has 0 atom stereocenters. The Hall–Kier alpha value is -3.52. The van der Waals surface area contributed by atoms with Crippen molar-refractivity contribution in [1.29, 1.82) is 0 Å². The van der Waals surface area contributed by atoms with Crippen molar-refractivity contribution in [2.24, 2.45) is 0 Å². The molecule has 4 rings (SSSR count). The van der Waals surface area contributed by atoms with Gasteiger partial charge in [-0.1, -0.05) is 40.2 Å². The number of aromatic nitrogens is 4. The quantitative estimate of drug-likeness (QED) is 0.481. The molecule has 1 N–H and O–H groups in total. The second kappa shape index (κ2) is 7.84. The van der Waals surface area contributed by atoms with Gasteiger partial charge in [0, 0.05) is 4.47 Å². The monoisotopic (exact) mass is 451 g/mol. The number of carbonyl (C=O) groups is 1. The molecule has 0 saturated carbocycles. The van der Waals surface area contributed by atoms with Crippen molar-refractivity contribution in [2.75, 3.05) is 7.11 Å². The van der Waals surface area contributed by atoms with E-state index in [4.69, 9.17) is 4.74 Å². The molecule has 4 aromatic rings. The van der Waals surface area contributed by atoms with E-state index in [-0.39, 0.29) is 11.3 Å². The van der Waals surface area contributed by atoms with Crippen LogP contribution in [0.2, 0.25) is 0 Å². The number of hydrogen-bond acceptors (Lipinski definition) is 5. The van der Waals surface area contributed by atoms with Crippen molar-refractivity contribution >= 4 is 21.8 Å². The summed E-state index contributed by atoms with van der Waals surface area (Å²) < 4.78 is 6.30. The van der Waals surface area contributed by atoms with Crippen molar-refractivity contribution in [3.63, 3.8) is 0 Å². The van der Waals surface area contributed by atoms with Crippen LogP contribution in [0.5, 0.6) is 11.5 Å². The van der Waals surface area contributed by atoms with Crippen molar-refractivity contribution in [1.82, 2.24) is 15.0 Å². The highest BCUT2D eigenvalue weighted by Crippen LogP contribution is 2.26. The van der Waals surface area contributed by atoms with Gasteiger partial charge in [0.1, 0.15) is 11.5 Å². The normalized spacial score (nSPS) is 10.7. The molecule has 0 aliphatic rings. The predicted molar refractivity (Wildman–Crippen MR) is 109 cm³/mol. The standard InChI is InChI=1S/C21H15BrN4O3/c1-29-19-9-5-3-7-17(19)20-23-25(15-12-10-14(22)11-13-15)26(24-20)21(28)16-6-2-4-8-18(16)27/h2-13H,1H3/p+1. The highest BCUT2D eigenvalue weighted by atomic mass is 79.9. The summed E-state index contributed by atoms with van der Waals surface area (Å²) in [6, 6.07) is 20.9. The van der Waals surface area contributed by atoms with Crippen molar-refractivity contribution < 1.29 is 19.4 Å². The van der Waals surface area contributed by atoms with E-state index in [0.717, 1.165) is 9.27 Å². The molecule has 0 aliphatic heterocycles. The van der Waals surface area contributed by atoms with E-state index < -0.39 is 5.91 Å². The Morgan fingerprint density at radius 1 is 1.03 bits per heavy atom. The summed E-state index contributed by atoms with van der Waals surface area (Å²) in [7, 11) is 1.56. The number of tetrazole rings is 1. The summed E-state index contributed by atoms with van der Waals surface area (Å²) in [5, 5.41) is 19.1. The third-order valence-electron chi connectivity index (χ3n) is 4.28. The minimum atomic E-state index is -0.514. The number of methoxy groups -OCH3 is 1. The summed E-state index contributed by atoms with van der Waals surface area (Å²) in [5.74, 6) is 0.255. The smallest absolute Gasteiger partial charge is 0.343 e. The van der Waals surface area contributed by atoms with Gasteiger partial charge in [0.15, 0.2) is 5.69 Å². The number of phenols is 1. The first-order valence-corrected chi connectivity index (χ1v) is 9.49. The molecule has 144 valence electrons. The number of carbonyl (C=O) groups excluding carboxylic acids is 1. The highest BCUT2D eigenvalue weighted by Gasteiger charge is 2.30. The van der Waals surface area contributed by atoms with Crippen LogP contribution in [0.1, 0.15) is 10.4 Å². The number of nitrogens with zero attached hydrogens (tertiary/aromatic N) is 4. The average molecular weight is 452 g/mol. The summed E-state index contributed by atoms with van der Waals surface area (Å²) in [6.45, 7) is 0. The van der Waals surface area contributed by atoms with E-state index in [1.54, 1.807) is 37.4 Å². The van der Waals surface area contributed by atoms with E-state index in [2.05, 4.69) is 26.1 Å². The van der Waals surface area contributed by atoms with Gasteiger partial charge in [0.05, 0.1) is 28.1 Å². The van der Waals surface area contributed by atoms with E-state index in [9.17, 15) is 9.90 Å². The lowest BCUT2D eigenvalue weighted by molar-refractivity contribution is -0.732. The van der Waals surface area contributed by atoms with Gasteiger partial charge in [-0.2, -0.15) is 0 Å². The lowest BCUT2D eigenvalue weighted by Gasteiger charge is -2.01. The molecule has 8 heteroatoms. The molecule has 29 heavy (non-hydrogen) atoms. The van der Waals surface area contributed by atoms with Gasteiger partial charge in [0.25, 0.3) is 0 Å². The number of ether oxygens (including phenoxy) is 1. The minimum Gasteiger partial charge on any atom is -0.507 e. The number of para-hydroxylation sites is 2. The Labute approximate surface area is 174 Å². The summed E-state index contributed by atoms with van der Waals surface area (Å²) in [4.78, 5) is 15.7. The first-order chi connectivity index (χ1) is 14.1. The van der Waals surface area contributed by atoms with Crippen LogP contribution < -0.4 is 9.53 Å². The molecule has 1 heterocycles. The maximum atomic E-state index is 13.2. The number of rotatable bonds is 4. The Morgan fingerprint density at radius 3 is 2.45 bits per heavy atom. The van der Waals surface area contributed by atoms with Crippen LogP contribution in [-0.4, -0.2) is 33.1 Å². The number of halogens is 1. The molecule has 0 saturated heterocycles. The fourth-order valence-corrected chi connectivity index (χ4v) is 3.12. The number of aromatic hydroxyl groups is 1. The maximum absolute atomic E-state index is 13.2. The molecule has 0 fully saturated rings. The second-order valence-electron chi connectivity index (χ2n) is 6.10. The summed E-state index contributed by atoms with van der Waals surface area (Å²) >= 11 is 3.40. The molecule has 0 unspecified atom stereocenters. The summed E-state index contributed by atoms with van der Waals surface area (Å²) in [6.07, 6.45) is 0. The van der Waals surface area contributed by atoms with Gasteiger partial charge < -0.3 is 9.84 Å². The van der Waals surface area contributed by atoms with Crippen molar-refractivity contribution in [2.45, 2.75) is 0 Å². The van der Waals surface area contributed by atoms with E-state index in [1.165, 1.54) is 16.9 Å². The number of phenolic OH excluding ortho intramolecular Hbond substituents is 1. The molecule has 1 aromatic heterocycles. The highest BCUT2D eigenvalue weighted by molar-refractivity contribution is 9.10.